The third-order valence-electron chi connectivity index (χ3n) is 2.49. The second kappa shape index (κ2) is 5.22. The van der Waals surface area contributed by atoms with Crippen LogP contribution in [0.4, 0.5) is 0 Å². The van der Waals surface area contributed by atoms with Crippen LogP contribution in [0.1, 0.15) is 45.4 Å². The first-order valence-electron chi connectivity index (χ1n) is 4.99. The van der Waals surface area contributed by atoms with Crippen LogP contribution in [0.25, 0.3) is 0 Å². The zero-order valence-corrected chi connectivity index (χ0v) is 7.97. The molecule has 1 nitrogen and oxygen atoms in total. The molecular weight excluding hydrogens is 146 g/mol. The fraction of sp³-hybridized carbons (Fsp3) is 0.818. The van der Waals surface area contributed by atoms with Crippen LogP contribution in [-0.4, -0.2) is 6.04 Å². The summed E-state index contributed by atoms with van der Waals surface area (Å²) >= 11 is 0. The van der Waals surface area contributed by atoms with Gasteiger partial charge in [0.1, 0.15) is 0 Å². The van der Waals surface area contributed by atoms with Crippen molar-refractivity contribution in [2.24, 2.45) is 11.7 Å². The Balaban J connectivity index is 1.89. The molecule has 1 heteroatoms. The fourth-order valence-electron chi connectivity index (χ4n) is 1.48. The molecular formula is C11H19N. The number of nitrogens with two attached hydrogens (primary N) is 1. The molecule has 0 aromatic heterocycles. The second-order valence-electron chi connectivity index (χ2n) is 3.67. The van der Waals surface area contributed by atoms with Gasteiger partial charge in [-0.2, -0.15) is 0 Å². The van der Waals surface area contributed by atoms with E-state index in [0.29, 0.717) is 6.04 Å². The Morgan fingerprint density at radius 3 is 2.75 bits per heavy atom. The van der Waals surface area contributed by atoms with Gasteiger partial charge in [-0.25, -0.2) is 0 Å². The highest BCUT2D eigenvalue weighted by Crippen LogP contribution is 2.33. The van der Waals surface area contributed by atoms with Crippen molar-refractivity contribution in [2.45, 2.75) is 51.5 Å². The van der Waals surface area contributed by atoms with Crippen molar-refractivity contribution in [3.05, 3.63) is 0 Å². The average Bonchev–Trinajstić information content (AvgIpc) is 2.86. The summed E-state index contributed by atoms with van der Waals surface area (Å²) in [7, 11) is 0. The Bertz CT molecular complexity index is 171. The summed E-state index contributed by atoms with van der Waals surface area (Å²) in [6.45, 7) is 1.90. The summed E-state index contributed by atoms with van der Waals surface area (Å²) in [4.78, 5) is 0. The van der Waals surface area contributed by atoms with Crippen LogP contribution in [0.5, 0.6) is 0 Å². The van der Waals surface area contributed by atoms with E-state index in [0.717, 1.165) is 12.3 Å². The van der Waals surface area contributed by atoms with Gasteiger partial charge < -0.3 is 5.73 Å². The molecule has 1 rings (SSSR count). The molecule has 2 N–H and O–H groups in total. The van der Waals surface area contributed by atoms with Crippen LogP contribution < -0.4 is 5.73 Å². The summed E-state index contributed by atoms with van der Waals surface area (Å²) in [5.74, 6) is 6.85. The maximum absolute atomic E-state index is 5.96. The van der Waals surface area contributed by atoms with E-state index < -0.39 is 0 Å². The quantitative estimate of drug-likeness (QED) is 0.491. The Morgan fingerprint density at radius 2 is 2.17 bits per heavy atom. The van der Waals surface area contributed by atoms with Crippen LogP contribution in [0.15, 0.2) is 0 Å². The third-order valence-corrected chi connectivity index (χ3v) is 2.49. The molecule has 1 aliphatic rings. The molecule has 0 bridgehead atoms. The molecule has 1 atom stereocenters. The topological polar surface area (TPSA) is 26.0 Å². The van der Waals surface area contributed by atoms with Gasteiger partial charge in [0.2, 0.25) is 0 Å². The number of unbranched alkanes of at least 4 members (excludes halogenated alkanes) is 2. The second-order valence-corrected chi connectivity index (χ2v) is 3.67. The van der Waals surface area contributed by atoms with E-state index >= 15 is 0 Å². The van der Waals surface area contributed by atoms with Crippen molar-refractivity contribution in [2.75, 3.05) is 0 Å². The summed E-state index contributed by atoms with van der Waals surface area (Å²) in [6.07, 6.45) is 7.48. The molecule has 68 valence electrons. The van der Waals surface area contributed by atoms with Crippen molar-refractivity contribution in [1.82, 2.24) is 0 Å². The van der Waals surface area contributed by atoms with Crippen LogP contribution >= 0.6 is 0 Å². The van der Waals surface area contributed by atoms with E-state index in [-0.39, 0.29) is 0 Å². The molecule has 1 fully saturated rings. The minimum atomic E-state index is 0.486. The van der Waals surface area contributed by atoms with Crippen molar-refractivity contribution in [3.63, 3.8) is 0 Å². The molecule has 1 aliphatic carbocycles. The monoisotopic (exact) mass is 165 g/mol. The summed E-state index contributed by atoms with van der Waals surface area (Å²) in [5.41, 5.74) is 5.96. The van der Waals surface area contributed by atoms with Crippen molar-refractivity contribution in [1.29, 1.82) is 0 Å². The fourth-order valence-corrected chi connectivity index (χ4v) is 1.48. The molecule has 0 spiro atoms. The lowest BCUT2D eigenvalue weighted by Crippen LogP contribution is -2.21. The van der Waals surface area contributed by atoms with E-state index in [1.165, 1.54) is 32.1 Å². The smallest absolute Gasteiger partial charge is 0.00885 e. The first kappa shape index (κ1) is 9.61. The molecule has 1 unspecified atom stereocenters. The van der Waals surface area contributed by atoms with Crippen LogP contribution in [0, 0.1) is 17.8 Å². The van der Waals surface area contributed by atoms with Gasteiger partial charge >= 0.3 is 0 Å². The number of hydrogen-bond donors (Lipinski definition) is 1. The maximum atomic E-state index is 5.96. The van der Waals surface area contributed by atoms with Crippen molar-refractivity contribution in [3.8, 4) is 11.8 Å². The Morgan fingerprint density at radius 1 is 1.42 bits per heavy atom. The van der Waals surface area contributed by atoms with Gasteiger partial charge in [-0.15, -0.1) is 11.8 Å². The van der Waals surface area contributed by atoms with E-state index in [4.69, 9.17) is 5.73 Å². The minimum Gasteiger partial charge on any atom is -0.327 e. The van der Waals surface area contributed by atoms with Gasteiger partial charge in [-0.1, -0.05) is 6.42 Å². The highest BCUT2D eigenvalue weighted by Gasteiger charge is 2.27. The zero-order valence-electron chi connectivity index (χ0n) is 7.97. The first-order chi connectivity index (χ1) is 5.84. The molecule has 0 radical (unpaired) electrons. The van der Waals surface area contributed by atoms with Gasteiger partial charge in [-0.05, 0) is 38.5 Å². The van der Waals surface area contributed by atoms with Gasteiger partial charge in [-0.3, -0.25) is 0 Å². The third kappa shape index (κ3) is 3.78. The lowest BCUT2D eigenvalue weighted by atomic mass is 10.1. The van der Waals surface area contributed by atoms with Gasteiger partial charge in [0.15, 0.2) is 0 Å². The van der Waals surface area contributed by atoms with E-state index in [1.54, 1.807) is 0 Å². The van der Waals surface area contributed by atoms with Crippen molar-refractivity contribution < 1.29 is 0 Å². The lowest BCUT2D eigenvalue weighted by Gasteiger charge is -2.07. The van der Waals surface area contributed by atoms with Crippen LogP contribution in [-0.2, 0) is 0 Å². The summed E-state index contributed by atoms with van der Waals surface area (Å²) in [5, 5.41) is 0. The molecule has 0 aromatic carbocycles. The molecule has 0 aromatic rings. The molecule has 0 saturated heterocycles. The number of rotatable bonds is 5. The maximum Gasteiger partial charge on any atom is 0.00885 e. The van der Waals surface area contributed by atoms with Crippen molar-refractivity contribution >= 4 is 0 Å². The van der Waals surface area contributed by atoms with Crippen LogP contribution in [0.2, 0.25) is 0 Å². The van der Waals surface area contributed by atoms with Gasteiger partial charge in [0.25, 0.3) is 0 Å². The molecule has 0 heterocycles. The summed E-state index contributed by atoms with van der Waals surface area (Å²) in [6, 6.07) is 0.486. The van der Waals surface area contributed by atoms with E-state index in [2.05, 4.69) is 11.8 Å². The number of hydrogen-bond acceptors (Lipinski definition) is 1. The van der Waals surface area contributed by atoms with Gasteiger partial charge in [0.05, 0.1) is 0 Å². The largest absolute Gasteiger partial charge is 0.327 e. The average molecular weight is 165 g/mol. The molecule has 1 saturated carbocycles. The Labute approximate surface area is 75.7 Å². The predicted molar refractivity (Wildman–Crippen MR) is 52.6 cm³/mol. The zero-order chi connectivity index (χ0) is 8.81. The summed E-state index contributed by atoms with van der Waals surface area (Å²) < 4.78 is 0. The van der Waals surface area contributed by atoms with Gasteiger partial charge in [0, 0.05) is 12.5 Å². The molecule has 0 aliphatic heterocycles. The van der Waals surface area contributed by atoms with E-state index in [9.17, 15) is 0 Å². The SMILES string of the molecule is CC#CCCCCC(N)C1CC1. The molecule has 12 heavy (non-hydrogen) atoms. The lowest BCUT2D eigenvalue weighted by molar-refractivity contribution is 0.519. The Kier molecular flexibility index (Phi) is 4.18. The Hall–Kier alpha value is -0.480. The first-order valence-corrected chi connectivity index (χ1v) is 4.99. The van der Waals surface area contributed by atoms with E-state index in [1.807, 2.05) is 6.92 Å². The highest BCUT2D eigenvalue weighted by atomic mass is 14.7. The standard InChI is InChI=1S/C11H19N/c1-2-3-4-5-6-7-11(12)10-8-9-10/h10-11H,4-9,12H2,1H3. The normalized spacial score (nSPS) is 18.2. The minimum absolute atomic E-state index is 0.486. The molecule has 0 amide bonds. The predicted octanol–water partition coefficient (Wildman–Crippen LogP) is 2.31. The highest BCUT2D eigenvalue weighted by molar-refractivity contribution is 4.94. The van der Waals surface area contributed by atoms with Crippen LogP contribution in [0.3, 0.4) is 0 Å².